The Morgan fingerprint density at radius 3 is 3.00 bits per heavy atom. The van der Waals surface area contributed by atoms with Gasteiger partial charge in [-0.3, -0.25) is 4.85 Å². The third-order valence-corrected chi connectivity index (χ3v) is 1.06. The molecule has 3 nitrogen and oxygen atoms in total. The molecule has 1 atom stereocenters. The zero-order chi connectivity index (χ0) is 5.82. The van der Waals surface area contributed by atoms with Crippen molar-refractivity contribution in [2.45, 2.75) is 6.17 Å². The highest BCUT2D eigenvalue weighted by atomic mass is 16.5. The van der Waals surface area contributed by atoms with Crippen LogP contribution >= 0.6 is 0 Å². The fourth-order valence-electron chi connectivity index (χ4n) is 0.635. The van der Waals surface area contributed by atoms with Gasteiger partial charge in [0.25, 0.3) is 0 Å². The van der Waals surface area contributed by atoms with Crippen molar-refractivity contribution in [2.24, 2.45) is 0 Å². The van der Waals surface area contributed by atoms with E-state index in [2.05, 4.69) is 10.2 Å². The molecule has 0 aliphatic carbocycles. The summed E-state index contributed by atoms with van der Waals surface area (Å²) in [5, 5.41) is 2.99. The molecule has 0 aromatic rings. The highest BCUT2D eigenvalue weighted by molar-refractivity contribution is 4.77. The molecule has 1 aliphatic heterocycles. The van der Waals surface area contributed by atoms with Gasteiger partial charge < -0.3 is 4.74 Å². The van der Waals surface area contributed by atoms with E-state index in [-0.39, 0.29) is 6.17 Å². The first-order valence-electron chi connectivity index (χ1n) is 2.61. The quantitative estimate of drug-likeness (QED) is 0.441. The van der Waals surface area contributed by atoms with Crippen molar-refractivity contribution >= 4 is 0 Å². The zero-order valence-electron chi connectivity index (χ0n) is 4.55. The summed E-state index contributed by atoms with van der Waals surface area (Å²) in [6.07, 6.45) is -0.0938. The van der Waals surface area contributed by atoms with Crippen molar-refractivity contribution in [3.63, 3.8) is 0 Å². The second-order valence-electron chi connectivity index (χ2n) is 1.67. The number of hydrogen-bond acceptors (Lipinski definition) is 2. The van der Waals surface area contributed by atoms with Crippen LogP contribution in [-0.2, 0) is 4.74 Å². The van der Waals surface area contributed by atoms with Crippen molar-refractivity contribution in [3.05, 3.63) is 11.4 Å². The summed E-state index contributed by atoms with van der Waals surface area (Å²) in [4.78, 5) is 3.26. The van der Waals surface area contributed by atoms with Crippen LogP contribution in [0.3, 0.4) is 0 Å². The third-order valence-electron chi connectivity index (χ3n) is 1.06. The summed E-state index contributed by atoms with van der Waals surface area (Å²) < 4.78 is 5.00. The predicted octanol–water partition coefficient (Wildman–Crippen LogP) is -0.148. The van der Waals surface area contributed by atoms with Gasteiger partial charge in [0.1, 0.15) is 6.61 Å². The molecule has 0 aromatic carbocycles. The van der Waals surface area contributed by atoms with E-state index in [1.807, 2.05) is 0 Å². The zero-order valence-corrected chi connectivity index (χ0v) is 4.55. The number of ether oxygens (including phenoxy) is 1. The van der Waals surface area contributed by atoms with Gasteiger partial charge in [0, 0.05) is 6.54 Å². The lowest BCUT2D eigenvalue weighted by molar-refractivity contribution is 0.0894. The molecule has 1 rings (SSSR count). The molecule has 0 amide bonds. The standard InChI is InChI=1S/C5H8N2O/c1-6-5-4-8-3-2-7-5/h5,7H,2-4H2. The minimum atomic E-state index is -0.0938. The van der Waals surface area contributed by atoms with Crippen LogP contribution in [0.25, 0.3) is 4.85 Å². The average Bonchev–Trinajstić information content (AvgIpc) is 1.90. The Kier molecular flexibility index (Phi) is 1.84. The minimum absolute atomic E-state index is 0.0938. The molecule has 0 bridgehead atoms. The number of hydrogen-bond donors (Lipinski definition) is 1. The molecular formula is C5H8N2O. The summed E-state index contributed by atoms with van der Waals surface area (Å²) in [5.41, 5.74) is 0. The molecule has 1 N–H and O–H groups in total. The largest absolute Gasteiger partial charge is 0.370 e. The Morgan fingerprint density at radius 1 is 1.75 bits per heavy atom. The van der Waals surface area contributed by atoms with E-state index in [0.717, 1.165) is 13.2 Å². The lowest BCUT2D eigenvalue weighted by Crippen LogP contribution is -2.38. The van der Waals surface area contributed by atoms with E-state index in [1.165, 1.54) is 0 Å². The van der Waals surface area contributed by atoms with Crippen LogP contribution in [0.15, 0.2) is 0 Å². The van der Waals surface area contributed by atoms with Gasteiger partial charge in [0.15, 0.2) is 0 Å². The molecule has 0 saturated carbocycles. The van der Waals surface area contributed by atoms with Crippen LogP contribution in [0.2, 0.25) is 0 Å². The van der Waals surface area contributed by atoms with Crippen molar-refractivity contribution in [1.82, 2.24) is 5.32 Å². The molecule has 1 unspecified atom stereocenters. The smallest absolute Gasteiger partial charge is 0.300 e. The lowest BCUT2D eigenvalue weighted by atomic mass is 10.4. The van der Waals surface area contributed by atoms with Gasteiger partial charge in [-0.1, -0.05) is 0 Å². The second kappa shape index (κ2) is 2.65. The maximum atomic E-state index is 6.58. The van der Waals surface area contributed by atoms with Gasteiger partial charge in [-0.05, 0) is 0 Å². The molecular weight excluding hydrogens is 104 g/mol. The van der Waals surface area contributed by atoms with Crippen LogP contribution in [-0.4, -0.2) is 25.9 Å². The van der Waals surface area contributed by atoms with E-state index in [1.54, 1.807) is 0 Å². The summed E-state index contributed by atoms with van der Waals surface area (Å²) in [7, 11) is 0. The first-order chi connectivity index (χ1) is 3.93. The highest BCUT2D eigenvalue weighted by Gasteiger charge is 2.14. The molecule has 0 spiro atoms. The van der Waals surface area contributed by atoms with Crippen LogP contribution in [0.5, 0.6) is 0 Å². The maximum absolute atomic E-state index is 6.58. The molecule has 8 heavy (non-hydrogen) atoms. The van der Waals surface area contributed by atoms with Crippen LogP contribution in [0.4, 0.5) is 0 Å². The van der Waals surface area contributed by atoms with Gasteiger partial charge in [0.2, 0.25) is 0 Å². The lowest BCUT2D eigenvalue weighted by Gasteiger charge is -2.13. The van der Waals surface area contributed by atoms with Crippen molar-refractivity contribution < 1.29 is 4.74 Å². The number of nitrogens with one attached hydrogen (secondary N) is 1. The topological polar surface area (TPSA) is 25.6 Å². The van der Waals surface area contributed by atoms with Crippen LogP contribution < -0.4 is 5.32 Å². The molecule has 1 saturated heterocycles. The number of nitrogens with zero attached hydrogens (tertiary/aromatic N) is 1. The second-order valence-corrected chi connectivity index (χ2v) is 1.67. The molecule has 1 fully saturated rings. The van der Waals surface area contributed by atoms with E-state index in [0.29, 0.717) is 6.61 Å². The monoisotopic (exact) mass is 112 g/mol. The van der Waals surface area contributed by atoms with E-state index < -0.39 is 0 Å². The van der Waals surface area contributed by atoms with Gasteiger partial charge in [-0.2, -0.15) is 0 Å². The third kappa shape index (κ3) is 1.19. The summed E-state index contributed by atoms with van der Waals surface area (Å²) >= 11 is 0. The maximum Gasteiger partial charge on any atom is 0.300 e. The molecule has 1 aliphatic rings. The number of rotatable bonds is 0. The van der Waals surface area contributed by atoms with Crippen molar-refractivity contribution in [2.75, 3.05) is 19.8 Å². The average molecular weight is 112 g/mol. The van der Waals surface area contributed by atoms with Gasteiger partial charge in [-0.25, -0.2) is 11.9 Å². The first-order valence-corrected chi connectivity index (χ1v) is 2.61. The molecule has 0 aromatic heterocycles. The molecule has 1 heterocycles. The summed E-state index contributed by atoms with van der Waals surface area (Å²) in [6, 6.07) is 0. The fraction of sp³-hybridized carbons (Fsp3) is 0.800. The summed E-state index contributed by atoms with van der Waals surface area (Å²) in [6.45, 7) is 8.68. The van der Waals surface area contributed by atoms with Gasteiger partial charge >= 0.3 is 6.17 Å². The minimum Gasteiger partial charge on any atom is -0.370 e. The Morgan fingerprint density at radius 2 is 2.62 bits per heavy atom. The highest BCUT2D eigenvalue weighted by Crippen LogP contribution is 1.91. The Labute approximate surface area is 48.5 Å². The van der Waals surface area contributed by atoms with Gasteiger partial charge in [-0.15, -0.1) is 0 Å². The first kappa shape index (κ1) is 5.54. The Hall–Kier alpha value is -0.590. The van der Waals surface area contributed by atoms with E-state index in [4.69, 9.17) is 11.3 Å². The van der Waals surface area contributed by atoms with E-state index >= 15 is 0 Å². The van der Waals surface area contributed by atoms with Crippen LogP contribution in [0, 0.1) is 6.57 Å². The predicted molar refractivity (Wildman–Crippen MR) is 29.2 cm³/mol. The van der Waals surface area contributed by atoms with Crippen molar-refractivity contribution in [1.29, 1.82) is 0 Å². The molecule has 3 heteroatoms. The molecule has 0 radical (unpaired) electrons. The summed E-state index contributed by atoms with van der Waals surface area (Å²) in [5.74, 6) is 0. The van der Waals surface area contributed by atoms with Crippen molar-refractivity contribution in [3.8, 4) is 0 Å². The Balaban J connectivity index is 2.25. The van der Waals surface area contributed by atoms with Gasteiger partial charge in [0.05, 0.1) is 6.61 Å². The molecule has 44 valence electrons. The fourth-order valence-corrected chi connectivity index (χ4v) is 0.635. The Bertz CT molecular complexity index is 101. The van der Waals surface area contributed by atoms with Crippen LogP contribution in [0.1, 0.15) is 0 Å². The van der Waals surface area contributed by atoms with E-state index in [9.17, 15) is 0 Å². The normalized spacial score (nSPS) is 29.1. The SMILES string of the molecule is [C-]#[N+]C1COCCN1. The number of morpholine rings is 1.